The number of methoxy groups -OCH3 is 2. The molecule has 0 bridgehead atoms. The van der Waals surface area contributed by atoms with E-state index in [1.807, 2.05) is 6.92 Å². The van der Waals surface area contributed by atoms with Crippen LogP contribution in [0.4, 0.5) is 4.39 Å². The third-order valence-electron chi connectivity index (χ3n) is 3.00. The Morgan fingerprint density at radius 2 is 2.06 bits per heavy atom. The van der Waals surface area contributed by atoms with Crippen molar-refractivity contribution >= 4 is 0 Å². The fraction of sp³-hybridized carbons (Fsp3) is 0.571. The number of halogens is 1. The molecule has 1 aromatic carbocycles. The van der Waals surface area contributed by atoms with Crippen molar-refractivity contribution in [2.75, 3.05) is 14.2 Å². The van der Waals surface area contributed by atoms with Gasteiger partial charge in [-0.05, 0) is 18.1 Å². The highest BCUT2D eigenvalue weighted by Crippen LogP contribution is 2.22. The molecule has 1 N–H and O–H groups in total. The van der Waals surface area contributed by atoms with Crippen molar-refractivity contribution in [3.05, 3.63) is 29.6 Å². The number of ether oxygens (including phenoxy) is 2. The van der Waals surface area contributed by atoms with Gasteiger partial charge in [0.25, 0.3) is 0 Å². The Morgan fingerprint density at radius 1 is 1.33 bits per heavy atom. The molecule has 0 aliphatic carbocycles. The van der Waals surface area contributed by atoms with Crippen molar-refractivity contribution in [1.29, 1.82) is 0 Å². The van der Waals surface area contributed by atoms with Crippen LogP contribution < -0.4 is 4.74 Å². The van der Waals surface area contributed by atoms with Crippen LogP contribution in [-0.4, -0.2) is 31.5 Å². The Labute approximate surface area is 108 Å². The minimum absolute atomic E-state index is 0.198. The summed E-state index contributed by atoms with van der Waals surface area (Å²) in [6, 6.07) is 4.93. The molecule has 0 heterocycles. The molecule has 0 fully saturated rings. The molecule has 0 saturated heterocycles. The maximum absolute atomic E-state index is 13.9. The quantitative estimate of drug-likeness (QED) is 0.815. The molecule has 0 aliphatic heterocycles. The van der Waals surface area contributed by atoms with Gasteiger partial charge in [-0.15, -0.1) is 0 Å². The molecule has 2 unspecified atom stereocenters. The van der Waals surface area contributed by atoms with Crippen LogP contribution in [0.1, 0.15) is 25.3 Å². The number of aliphatic hydroxyl groups excluding tert-OH is 1. The first-order valence-electron chi connectivity index (χ1n) is 6.16. The number of rotatable bonds is 7. The Hall–Kier alpha value is -1.13. The molecule has 0 spiro atoms. The van der Waals surface area contributed by atoms with Gasteiger partial charge in [-0.2, -0.15) is 0 Å². The lowest BCUT2D eigenvalue weighted by Gasteiger charge is -2.21. The highest BCUT2D eigenvalue weighted by atomic mass is 19.1. The predicted octanol–water partition coefficient (Wildman–Crippen LogP) is 2.55. The molecule has 4 heteroatoms. The topological polar surface area (TPSA) is 38.7 Å². The summed E-state index contributed by atoms with van der Waals surface area (Å²) in [5.74, 6) is -0.213. The standard InChI is InChI=1S/C14H21FO3/c1-4-6-12(17-2)11(16)9-10-7-5-8-13(18-3)14(10)15/h5,7-8,11-12,16H,4,6,9H2,1-3H3. The van der Waals surface area contributed by atoms with Crippen LogP contribution in [0.2, 0.25) is 0 Å². The second kappa shape index (κ2) is 7.34. The zero-order chi connectivity index (χ0) is 13.5. The lowest BCUT2D eigenvalue weighted by molar-refractivity contribution is -0.0162. The zero-order valence-electron chi connectivity index (χ0n) is 11.1. The first kappa shape index (κ1) is 14.9. The average molecular weight is 256 g/mol. The van der Waals surface area contributed by atoms with Crippen molar-refractivity contribution in [2.24, 2.45) is 0 Å². The molecular formula is C14H21FO3. The highest BCUT2D eigenvalue weighted by Gasteiger charge is 2.20. The number of benzene rings is 1. The first-order valence-corrected chi connectivity index (χ1v) is 6.16. The van der Waals surface area contributed by atoms with Gasteiger partial charge in [0, 0.05) is 13.5 Å². The van der Waals surface area contributed by atoms with Crippen LogP contribution in [-0.2, 0) is 11.2 Å². The van der Waals surface area contributed by atoms with Gasteiger partial charge in [-0.1, -0.05) is 25.5 Å². The maximum Gasteiger partial charge on any atom is 0.168 e. The monoisotopic (exact) mass is 256 g/mol. The van der Waals surface area contributed by atoms with Gasteiger partial charge in [0.2, 0.25) is 0 Å². The molecule has 0 radical (unpaired) electrons. The molecule has 0 amide bonds. The number of hydrogen-bond donors (Lipinski definition) is 1. The van der Waals surface area contributed by atoms with E-state index in [0.29, 0.717) is 5.56 Å². The summed E-state index contributed by atoms with van der Waals surface area (Å²) >= 11 is 0. The van der Waals surface area contributed by atoms with E-state index < -0.39 is 11.9 Å². The van der Waals surface area contributed by atoms with Crippen molar-refractivity contribution < 1.29 is 19.0 Å². The summed E-state index contributed by atoms with van der Waals surface area (Å²) in [5, 5.41) is 10.0. The van der Waals surface area contributed by atoms with Gasteiger partial charge in [-0.3, -0.25) is 0 Å². The van der Waals surface area contributed by atoms with Crippen molar-refractivity contribution in [3.8, 4) is 5.75 Å². The molecular weight excluding hydrogens is 235 g/mol. The van der Waals surface area contributed by atoms with Gasteiger partial charge in [0.1, 0.15) is 0 Å². The summed E-state index contributed by atoms with van der Waals surface area (Å²) in [4.78, 5) is 0. The van der Waals surface area contributed by atoms with E-state index in [-0.39, 0.29) is 18.3 Å². The van der Waals surface area contributed by atoms with E-state index in [2.05, 4.69) is 0 Å². The fourth-order valence-corrected chi connectivity index (χ4v) is 1.98. The summed E-state index contributed by atoms with van der Waals surface area (Å²) in [6.45, 7) is 2.02. The summed E-state index contributed by atoms with van der Waals surface area (Å²) in [6.07, 6.45) is 0.915. The molecule has 18 heavy (non-hydrogen) atoms. The second-order valence-electron chi connectivity index (χ2n) is 4.27. The molecule has 1 rings (SSSR count). The van der Waals surface area contributed by atoms with E-state index in [0.717, 1.165) is 12.8 Å². The van der Waals surface area contributed by atoms with Crippen LogP contribution in [0.15, 0.2) is 18.2 Å². The lowest BCUT2D eigenvalue weighted by atomic mass is 10.0. The summed E-state index contributed by atoms with van der Waals surface area (Å²) in [7, 11) is 2.99. The first-order chi connectivity index (χ1) is 8.63. The fourth-order valence-electron chi connectivity index (χ4n) is 1.98. The van der Waals surface area contributed by atoms with E-state index in [1.54, 1.807) is 25.3 Å². The predicted molar refractivity (Wildman–Crippen MR) is 68.4 cm³/mol. The number of aliphatic hydroxyl groups is 1. The molecule has 102 valence electrons. The lowest BCUT2D eigenvalue weighted by Crippen LogP contribution is -2.30. The molecule has 3 nitrogen and oxygen atoms in total. The third-order valence-corrected chi connectivity index (χ3v) is 3.00. The Kier molecular flexibility index (Phi) is 6.09. The molecule has 0 aliphatic rings. The SMILES string of the molecule is CCCC(OC)C(O)Cc1cccc(OC)c1F. The smallest absolute Gasteiger partial charge is 0.168 e. The molecule has 1 aromatic rings. The minimum atomic E-state index is -0.712. The maximum atomic E-state index is 13.9. The minimum Gasteiger partial charge on any atom is -0.494 e. The average Bonchev–Trinajstić information content (AvgIpc) is 2.38. The number of hydrogen-bond acceptors (Lipinski definition) is 3. The van der Waals surface area contributed by atoms with Crippen LogP contribution in [0, 0.1) is 5.82 Å². The van der Waals surface area contributed by atoms with Crippen molar-refractivity contribution in [1.82, 2.24) is 0 Å². The van der Waals surface area contributed by atoms with Gasteiger partial charge in [-0.25, -0.2) is 4.39 Å². The van der Waals surface area contributed by atoms with E-state index in [9.17, 15) is 9.50 Å². The van der Waals surface area contributed by atoms with Gasteiger partial charge in [0.05, 0.1) is 19.3 Å². The molecule has 0 aromatic heterocycles. The summed E-state index contributed by atoms with van der Waals surface area (Å²) < 4.78 is 24.0. The summed E-state index contributed by atoms with van der Waals surface area (Å²) in [5.41, 5.74) is 0.444. The Morgan fingerprint density at radius 3 is 2.61 bits per heavy atom. The van der Waals surface area contributed by atoms with Gasteiger partial charge in [0.15, 0.2) is 11.6 Å². The van der Waals surface area contributed by atoms with Gasteiger partial charge >= 0.3 is 0 Å². The zero-order valence-corrected chi connectivity index (χ0v) is 11.1. The van der Waals surface area contributed by atoms with Crippen LogP contribution in [0.25, 0.3) is 0 Å². The Bertz CT molecular complexity index is 368. The van der Waals surface area contributed by atoms with E-state index >= 15 is 0 Å². The largest absolute Gasteiger partial charge is 0.494 e. The molecule has 2 atom stereocenters. The second-order valence-corrected chi connectivity index (χ2v) is 4.27. The normalized spacial score (nSPS) is 14.3. The van der Waals surface area contributed by atoms with Gasteiger partial charge < -0.3 is 14.6 Å². The van der Waals surface area contributed by atoms with Crippen molar-refractivity contribution in [3.63, 3.8) is 0 Å². The highest BCUT2D eigenvalue weighted by molar-refractivity contribution is 5.31. The third kappa shape index (κ3) is 3.68. The van der Waals surface area contributed by atoms with Crippen LogP contribution in [0.5, 0.6) is 5.75 Å². The Balaban J connectivity index is 2.77. The van der Waals surface area contributed by atoms with Crippen LogP contribution in [0.3, 0.4) is 0 Å². The van der Waals surface area contributed by atoms with Crippen LogP contribution >= 0.6 is 0 Å². The van der Waals surface area contributed by atoms with Crippen molar-refractivity contribution in [2.45, 2.75) is 38.4 Å². The van der Waals surface area contributed by atoms with E-state index in [4.69, 9.17) is 9.47 Å². The van der Waals surface area contributed by atoms with E-state index in [1.165, 1.54) is 7.11 Å². The molecule has 0 saturated carbocycles.